The molecule has 10 heteroatoms. The molecule has 0 radical (unpaired) electrons. The Morgan fingerprint density at radius 3 is 2.46 bits per heavy atom. The fourth-order valence-electron chi connectivity index (χ4n) is 2.53. The number of azo groups is 1. The highest BCUT2D eigenvalue weighted by Gasteiger charge is 2.15. The molecular formula is C18H16N6O4. The Labute approximate surface area is 159 Å². The van der Waals surface area contributed by atoms with Crippen molar-refractivity contribution in [2.75, 3.05) is 5.73 Å². The molecule has 10 nitrogen and oxygen atoms in total. The Balaban J connectivity index is 1.96. The van der Waals surface area contributed by atoms with Crippen molar-refractivity contribution in [1.29, 1.82) is 0 Å². The van der Waals surface area contributed by atoms with Crippen LogP contribution in [0.2, 0.25) is 0 Å². The van der Waals surface area contributed by atoms with Gasteiger partial charge in [0, 0.05) is 12.1 Å². The first-order chi connectivity index (χ1) is 13.3. The zero-order chi connectivity index (χ0) is 20.4. The van der Waals surface area contributed by atoms with Gasteiger partial charge < -0.3 is 10.8 Å². The van der Waals surface area contributed by atoms with Crippen molar-refractivity contribution < 1.29 is 14.8 Å². The summed E-state index contributed by atoms with van der Waals surface area (Å²) in [5.74, 6) is -0.814. The van der Waals surface area contributed by atoms with Gasteiger partial charge in [-0.1, -0.05) is 6.07 Å². The Hall–Kier alpha value is -4.08. The van der Waals surface area contributed by atoms with Crippen LogP contribution in [0.15, 0.2) is 52.7 Å². The highest BCUT2D eigenvalue weighted by molar-refractivity contribution is 5.87. The molecule has 142 valence electrons. The van der Waals surface area contributed by atoms with Crippen LogP contribution in [0.1, 0.15) is 21.6 Å². The van der Waals surface area contributed by atoms with Crippen LogP contribution in [0.3, 0.4) is 0 Å². The molecule has 3 aromatic rings. The number of nitrogens with two attached hydrogens (primary N) is 1. The number of rotatable bonds is 5. The van der Waals surface area contributed by atoms with Gasteiger partial charge in [0.25, 0.3) is 5.69 Å². The van der Waals surface area contributed by atoms with Crippen molar-refractivity contribution in [2.24, 2.45) is 10.2 Å². The lowest BCUT2D eigenvalue weighted by atomic mass is 10.2. The Morgan fingerprint density at radius 2 is 1.86 bits per heavy atom. The number of aromatic nitrogens is 2. The largest absolute Gasteiger partial charge is 0.478 e. The maximum atomic E-state index is 11.0. The van der Waals surface area contributed by atoms with E-state index in [1.54, 1.807) is 32.0 Å². The number of carboxylic acid groups (broad SMARTS) is 1. The van der Waals surface area contributed by atoms with E-state index in [0.717, 1.165) is 5.56 Å². The van der Waals surface area contributed by atoms with Crippen LogP contribution in [0, 0.1) is 24.0 Å². The van der Waals surface area contributed by atoms with Gasteiger partial charge in [0.15, 0.2) is 11.5 Å². The molecule has 0 saturated carbocycles. The van der Waals surface area contributed by atoms with E-state index in [0.29, 0.717) is 22.8 Å². The first-order valence-electron chi connectivity index (χ1n) is 8.13. The lowest BCUT2D eigenvalue weighted by molar-refractivity contribution is -0.384. The molecule has 1 aromatic heterocycles. The van der Waals surface area contributed by atoms with Gasteiger partial charge in [-0.15, -0.1) is 10.2 Å². The summed E-state index contributed by atoms with van der Waals surface area (Å²) in [7, 11) is 0. The molecule has 0 unspecified atom stereocenters. The van der Waals surface area contributed by atoms with E-state index in [-0.39, 0.29) is 17.1 Å². The van der Waals surface area contributed by atoms with E-state index >= 15 is 0 Å². The molecule has 0 saturated heterocycles. The second-order valence-corrected chi connectivity index (χ2v) is 6.01. The third-order valence-corrected chi connectivity index (χ3v) is 4.08. The van der Waals surface area contributed by atoms with Gasteiger partial charge in [0.1, 0.15) is 0 Å². The quantitative estimate of drug-likeness (QED) is 0.387. The number of aryl methyl sites for hydroxylation is 2. The monoisotopic (exact) mass is 380 g/mol. The molecule has 0 aliphatic heterocycles. The summed E-state index contributed by atoms with van der Waals surface area (Å²) in [5, 5.41) is 32.5. The number of nitrogen functional groups attached to an aromatic ring is 1. The smallest absolute Gasteiger partial charge is 0.335 e. The van der Waals surface area contributed by atoms with Crippen molar-refractivity contribution in [3.63, 3.8) is 0 Å². The zero-order valence-electron chi connectivity index (χ0n) is 15.0. The number of carbonyl (C=O) groups is 1. The van der Waals surface area contributed by atoms with Crippen LogP contribution in [-0.2, 0) is 0 Å². The highest BCUT2D eigenvalue weighted by Crippen LogP contribution is 2.32. The number of nitro benzene ring substituents is 1. The van der Waals surface area contributed by atoms with Crippen LogP contribution >= 0.6 is 0 Å². The minimum atomic E-state index is -1.03. The topological polar surface area (TPSA) is 149 Å². The summed E-state index contributed by atoms with van der Waals surface area (Å²) < 4.78 is 1.43. The van der Waals surface area contributed by atoms with Gasteiger partial charge in [-0.3, -0.25) is 10.1 Å². The molecule has 0 atom stereocenters. The fourth-order valence-corrected chi connectivity index (χ4v) is 2.53. The number of anilines is 1. The number of aromatic carboxylic acids is 1. The summed E-state index contributed by atoms with van der Waals surface area (Å²) in [5.41, 5.74) is 8.68. The number of hydrogen-bond acceptors (Lipinski definition) is 7. The first-order valence-corrected chi connectivity index (χ1v) is 8.13. The third-order valence-electron chi connectivity index (χ3n) is 4.08. The number of nitrogens with zero attached hydrogens (tertiary/aromatic N) is 5. The standard InChI is InChI=1S/C18H16N6O4/c1-10-3-6-14(24(27)28)9-15(10)20-21-16-11(2)22-23(17(16)19)13-7-4-12(5-8-13)18(25)26/h3-9H,19H2,1-2H3,(H,25,26). The molecule has 0 spiro atoms. The van der Waals surface area contributed by atoms with Crippen molar-refractivity contribution in [2.45, 2.75) is 13.8 Å². The first kappa shape index (κ1) is 18.7. The predicted molar refractivity (Wildman–Crippen MR) is 102 cm³/mol. The lowest BCUT2D eigenvalue weighted by Crippen LogP contribution is -2.03. The fraction of sp³-hybridized carbons (Fsp3) is 0.111. The minimum absolute atomic E-state index is 0.0848. The van der Waals surface area contributed by atoms with E-state index in [1.165, 1.54) is 28.9 Å². The van der Waals surface area contributed by atoms with E-state index in [2.05, 4.69) is 15.3 Å². The van der Waals surface area contributed by atoms with Crippen molar-refractivity contribution in [1.82, 2.24) is 9.78 Å². The van der Waals surface area contributed by atoms with Gasteiger partial charge in [-0.05, 0) is 43.7 Å². The SMILES string of the molecule is Cc1ccc([N+](=O)[O-])cc1N=Nc1c(C)nn(-c2ccc(C(=O)O)cc2)c1N. The van der Waals surface area contributed by atoms with Gasteiger partial charge >= 0.3 is 5.97 Å². The summed E-state index contributed by atoms with van der Waals surface area (Å²) >= 11 is 0. The van der Waals surface area contributed by atoms with Crippen molar-refractivity contribution in [3.05, 3.63) is 69.4 Å². The van der Waals surface area contributed by atoms with Crippen LogP contribution in [-0.4, -0.2) is 25.8 Å². The van der Waals surface area contributed by atoms with Gasteiger partial charge in [-0.2, -0.15) is 5.10 Å². The molecule has 28 heavy (non-hydrogen) atoms. The number of benzene rings is 2. The molecule has 0 bridgehead atoms. The minimum Gasteiger partial charge on any atom is -0.478 e. The Morgan fingerprint density at radius 1 is 1.18 bits per heavy atom. The average molecular weight is 380 g/mol. The molecule has 0 aliphatic rings. The highest BCUT2D eigenvalue weighted by atomic mass is 16.6. The second-order valence-electron chi connectivity index (χ2n) is 6.01. The molecule has 0 fully saturated rings. The van der Waals surface area contributed by atoms with Crippen LogP contribution in [0.5, 0.6) is 0 Å². The second kappa shape index (κ2) is 7.27. The maximum Gasteiger partial charge on any atom is 0.335 e. The molecule has 0 aliphatic carbocycles. The molecule has 1 heterocycles. The van der Waals surface area contributed by atoms with Gasteiger partial charge in [0.2, 0.25) is 0 Å². The normalized spacial score (nSPS) is 11.1. The van der Waals surface area contributed by atoms with Crippen LogP contribution in [0.4, 0.5) is 22.9 Å². The van der Waals surface area contributed by atoms with Crippen LogP contribution < -0.4 is 5.73 Å². The predicted octanol–water partition coefficient (Wildman–Crippen LogP) is 4.09. The van der Waals surface area contributed by atoms with Crippen LogP contribution in [0.25, 0.3) is 5.69 Å². The van der Waals surface area contributed by atoms with E-state index < -0.39 is 10.9 Å². The average Bonchev–Trinajstić information content (AvgIpc) is 2.95. The van der Waals surface area contributed by atoms with Gasteiger partial charge in [-0.25, -0.2) is 9.48 Å². The Bertz CT molecular complexity index is 1100. The van der Waals surface area contributed by atoms with E-state index in [4.69, 9.17) is 10.8 Å². The number of non-ortho nitro benzene ring substituents is 1. The lowest BCUT2D eigenvalue weighted by Gasteiger charge is -2.04. The number of hydrogen-bond donors (Lipinski definition) is 2. The molecule has 2 aromatic carbocycles. The summed E-state index contributed by atoms with van der Waals surface area (Å²) in [6, 6.07) is 10.4. The summed E-state index contributed by atoms with van der Waals surface area (Å²) in [4.78, 5) is 21.4. The number of nitro groups is 1. The number of carboxylic acids is 1. The zero-order valence-corrected chi connectivity index (χ0v) is 15.0. The van der Waals surface area contributed by atoms with Crippen molar-refractivity contribution >= 4 is 28.8 Å². The third kappa shape index (κ3) is 3.56. The molecule has 0 amide bonds. The van der Waals surface area contributed by atoms with Gasteiger partial charge in [0.05, 0.1) is 27.6 Å². The maximum absolute atomic E-state index is 11.0. The Kier molecular flexibility index (Phi) is 4.86. The van der Waals surface area contributed by atoms with E-state index in [1.807, 2.05) is 0 Å². The van der Waals surface area contributed by atoms with Crippen molar-refractivity contribution in [3.8, 4) is 5.69 Å². The molecule has 3 N–H and O–H groups in total. The molecule has 3 rings (SSSR count). The van der Waals surface area contributed by atoms with E-state index in [9.17, 15) is 14.9 Å². The molecular weight excluding hydrogens is 364 g/mol. The summed E-state index contributed by atoms with van der Waals surface area (Å²) in [6.07, 6.45) is 0. The summed E-state index contributed by atoms with van der Waals surface area (Å²) in [6.45, 7) is 3.47.